The van der Waals surface area contributed by atoms with Gasteiger partial charge in [-0.15, -0.1) is 5.10 Å². The van der Waals surface area contributed by atoms with E-state index in [9.17, 15) is 14.4 Å². The topological polar surface area (TPSA) is 102 Å². The van der Waals surface area contributed by atoms with Gasteiger partial charge in [0.25, 0.3) is 5.91 Å². The van der Waals surface area contributed by atoms with Crippen LogP contribution in [0.15, 0.2) is 65.3 Å². The van der Waals surface area contributed by atoms with Crippen molar-refractivity contribution >= 4 is 41.1 Å². The van der Waals surface area contributed by atoms with E-state index < -0.39 is 11.9 Å². The van der Waals surface area contributed by atoms with Crippen molar-refractivity contribution in [3.8, 4) is 0 Å². The van der Waals surface area contributed by atoms with E-state index >= 15 is 0 Å². The molecule has 1 aliphatic heterocycles. The lowest BCUT2D eigenvalue weighted by molar-refractivity contribution is -0.138. The number of nitrogens with one attached hydrogen (secondary N) is 1. The van der Waals surface area contributed by atoms with Crippen LogP contribution in [0.2, 0.25) is 0 Å². The van der Waals surface area contributed by atoms with Gasteiger partial charge in [-0.05, 0) is 35.9 Å². The zero-order valence-electron chi connectivity index (χ0n) is 16.7. The molecule has 0 aromatic heterocycles. The Labute approximate surface area is 174 Å². The molecule has 2 amide bonds. The van der Waals surface area contributed by atoms with E-state index in [1.165, 1.54) is 5.01 Å². The number of hydrazone groups is 1. The summed E-state index contributed by atoms with van der Waals surface area (Å²) in [4.78, 5) is 37.9. The van der Waals surface area contributed by atoms with Crippen molar-refractivity contribution in [1.29, 1.82) is 0 Å². The lowest BCUT2D eigenvalue weighted by atomic mass is 10.1. The van der Waals surface area contributed by atoms with Crippen molar-refractivity contribution in [2.45, 2.75) is 12.8 Å². The van der Waals surface area contributed by atoms with Crippen molar-refractivity contribution < 1.29 is 19.5 Å². The first-order valence-corrected chi connectivity index (χ1v) is 9.34. The summed E-state index contributed by atoms with van der Waals surface area (Å²) in [5.74, 6) is -1.88. The Balaban J connectivity index is 1.91. The molecule has 1 heterocycles. The van der Waals surface area contributed by atoms with Crippen molar-refractivity contribution in [2.75, 3.05) is 24.0 Å². The lowest BCUT2D eigenvalue weighted by Gasteiger charge is -2.12. The molecule has 0 bridgehead atoms. The Kier molecular flexibility index (Phi) is 6.26. The molecule has 0 fully saturated rings. The number of aliphatic carboxylic acids is 1. The highest BCUT2D eigenvalue weighted by Gasteiger charge is 2.32. The number of nitrogens with zero attached hydrogens (tertiary/aromatic N) is 3. The van der Waals surface area contributed by atoms with Crippen molar-refractivity contribution in [3.05, 3.63) is 65.7 Å². The molecule has 1 aliphatic rings. The van der Waals surface area contributed by atoms with E-state index in [0.29, 0.717) is 5.69 Å². The number of carboxylic acid groups (broad SMARTS) is 1. The SMILES string of the molecule is CN(C)c1ccc(C=C2C(=O)N(c3ccccc3)N=C2NC(=O)CCC(=O)O)cc1. The van der Waals surface area contributed by atoms with Crippen LogP contribution in [0.25, 0.3) is 6.08 Å². The molecule has 154 valence electrons. The number of anilines is 2. The van der Waals surface area contributed by atoms with Gasteiger partial charge < -0.3 is 15.3 Å². The minimum Gasteiger partial charge on any atom is -0.481 e. The number of amidine groups is 1. The number of carbonyl (C=O) groups is 3. The first kappa shape index (κ1) is 20.8. The number of benzene rings is 2. The van der Waals surface area contributed by atoms with E-state index in [-0.39, 0.29) is 30.2 Å². The van der Waals surface area contributed by atoms with Crippen LogP contribution in [0, 0.1) is 0 Å². The molecule has 0 saturated carbocycles. The summed E-state index contributed by atoms with van der Waals surface area (Å²) in [5, 5.41) is 16.8. The fraction of sp³-hybridized carbons (Fsp3) is 0.182. The van der Waals surface area contributed by atoms with Gasteiger partial charge in [-0.1, -0.05) is 30.3 Å². The number of para-hydroxylation sites is 1. The second kappa shape index (κ2) is 9.04. The maximum absolute atomic E-state index is 13.0. The second-order valence-corrected chi connectivity index (χ2v) is 6.89. The standard InChI is InChI=1S/C22H22N4O4/c1-25(2)16-10-8-15(9-11-16)14-18-21(23-19(27)12-13-20(28)29)24-26(22(18)30)17-6-4-3-5-7-17/h3-11,14H,12-13H2,1-2H3,(H,28,29)(H,23,24,27). The third kappa shape index (κ3) is 4.91. The molecule has 0 spiro atoms. The molecule has 2 aromatic rings. The smallest absolute Gasteiger partial charge is 0.303 e. The Morgan fingerprint density at radius 1 is 1.07 bits per heavy atom. The van der Waals surface area contributed by atoms with Crippen LogP contribution in [0.3, 0.4) is 0 Å². The minimum atomic E-state index is -1.07. The van der Waals surface area contributed by atoms with Gasteiger partial charge in [0.2, 0.25) is 5.91 Å². The predicted molar refractivity (Wildman–Crippen MR) is 115 cm³/mol. The number of hydrogen-bond donors (Lipinski definition) is 2. The van der Waals surface area contributed by atoms with Crippen LogP contribution >= 0.6 is 0 Å². The first-order valence-electron chi connectivity index (χ1n) is 9.34. The van der Waals surface area contributed by atoms with Gasteiger partial charge in [0.1, 0.15) is 0 Å². The molecule has 8 heteroatoms. The Hall–Kier alpha value is -3.94. The molecule has 8 nitrogen and oxygen atoms in total. The zero-order chi connectivity index (χ0) is 21.7. The van der Waals surface area contributed by atoms with Gasteiger partial charge in [-0.3, -0.25) is 14.4 Å². The molecule has 0 atom stereocenters. The van der Waals surface area contributed by atoms with Crippen LogP contribution in [-0.2, 0) is 14.4 Å². The molecule has 2 aromatic carbocycles. The molecular weight excluding hydrogens is 384 g/mol. The molecule has 0 aliphatic carbocycles. The van der Waals surface area contributed by atoms with Crippen molar-refractivity contribution in [3.63, 3.8) is 0 Å². The highest BCUT2D eigenvalue weighted by atomic mass is 16.4. The van der Waals surface area contributed by atoms with E-state index in [1.807, 2.05) is 49.3 Å². The van der Waals surface area contributed by atoms with E-state index in [4.69, 9.17) is 5.11 Å². The first-order chi connectivity index (χ1) is 14.3. The molecule has 30 heavy (non-hydrogen) atoms. The zero-order valence-corrected chi connectivity index (χ0v) is 16.7. The summed E-state index contributed by atoms with van der Waals surface area (Å²) in [6, 6.07) is 16.4. The van der Waals surface area contributed by atoms with Gasteiger partial charge >= 0.3 is 5.97 Å². The van der Waals surface area contributed by atoms with Crippen molar-refractivity contribution in [1.82, 2.24) is 5.32 Å². The fourth-order valence-electron chi connectivity index (χ4n) is 2.83. The van der Waals surface area contributed by atoms with Crippen LogP contribution in [0.1, 0.15) is 18.4 Å². The van der Waals surface area contributed by atoms with Gasteiger partial charge in [-0.2, -0.15) is 5.01 Å². The molecule has 0 radical (unpaired) electrons. The number of hydrogen-bond acceptors (Lipinski definition) is 5. The molecule has 3 rings (SSSR count). The van der Waals surface area contributed by atoms with Crippen LogP contribution < -0.4 is 15.2 Å². The normalized spacial score (nSPS) is 14.6. The van der Waals surface area contributed by atoms with Gasteiger partial charge in [-0.25, -0.2) is 0 Å². The predicted octanol–water partition coefficient (Wildman–Crippen LogP) is 2.48. The monoisotopic (exact) mass is 406 g/mol. The summed E-state index contributed by atoms with van der Waals surface area (Å²) < 4.78 is 0. The maximum Gasteiger partial charge on any atom is 0.303 e. The molecule has 2 N–H and O–H groups in total. The van der Waals surface area contributed by atoms with Crippen LogP contribution in [-0.4, -0.2) is 42.8 Å². The number of rotatable bonds is 6. The largest absolute Gasteiger partial charge is 0.481 e. The van der Waals surface area contributed by atoms with Crippen LogP contribution in [0.5, 0.6) is 0 Å². The van der Waals surface area contributed by atoms with E-state index in [1.54, 1.807) is 30.3 Å². The Morgan fingerprint density at radius 3 is 2.33 bits per heavy atom. The summed E-state index contributed by atoms with van der Waals surface area (Å²) in [5.41, 5.74) is 2.56. The van der Waals surface area contributed by atoms with Gasteiger partial charge in [0.05, 0.1) is 17.7 Å². The number of carbonyl (C=O) groups excluding carboxylic acids is 2. The third-order valence-corrected chi connectivity index (χ3v) is 4.42. The Bertz CT molecular complexity index is 1010. The minimum absolute atomic E-state index is 0.0935. The van der Waals surface area contributed by atoms with Gasteiger partial charge in [0.15, 0.2) is 5.84 Å². The maximum atomic E-state index is 13.0. The number of carboxylic acids is 1. The number of amides is 2. The highest BCUT2D eigenvalue weighted by Crippen LogP contribution is 2.24. The summed E-state index contributed by atoms with van der Waals surface area (Å²) in [6.45, 7) is 0. The summed E-state index contributed by atoms with van der Waals surface area (Å²) in [6.07, 6.45) is 1.14. The summed E-state index contributed by atoms with van der Waals surface area (Å²) in [7, 11) is 3.87. The summed E-state index contributed by atoms with van der Waals surface area (Å²) >= 11 is 0. The average Bonchev–Trinajstić information content (AvgIpc) is 3.03. The molecular formula is C22H22N4O4. The Morgan fingerprint density at radius 2 is 1.73 bits per heavy atom. The quantitative estimate of drug-likeness (QED) is 0.718. The highest BCUT2D eigenvalue weighted by molar-refractivity contribution is 6.34. The van der Waals surface area contributed by atoms with Crippen molar-refractivity contribution in [2.24, 2.45) is 5.10 Å². The second-order valence-electron chi connectivity index (χ2n) is 6.89. The van der Waals surface area contributed by atoms with Crippen LogP contribution in [0.4, 0.5) is 11.4 Å². The van der Waals surface area contributed by atoms with E-state index in [2.05, 4.69) is 10.4 Å². The van der Waals surface area contributed by atoms with Gasteiger partial charge in [0, 0.05) is 26.2 Å². The fourth-order valence-corrected chi connectivity index (χ4v) is 2.83. The van der Waals surface area contributed by atoms with E-state index in [0.717, 1.165) is 11.3 Å². The molecule has 0 saturated heterocycles. The lowest BCUT2D eigenvalue weighted by Crippen LogP contribution is -2.31. The average molecular weight is 406 g/mol. The third-order valence-electron chi connectivity index (χ3n) is 4.42. The molecule has 0 unspecified atom stereocenters.